The number of carbonyl (C=O) groups is 1. The quantitative estimate of drug-likeness (QED) is 0.790. The van der Waals surface area contributed by atoms with Gasteiger partial charge < -0.3 is 5.32 Å². The van der Waals surface area contributed by atoms with Gasteiger partial charge in [0.2, 0.25) is 15.9 Å². The Hall–Kier alpha value is -1.70. The Morgan fingerprint density at radius 1 is 1.15 bits per heavy atom. The smallest absolute Gasteiger partial charge is 0.243 e. The van der Waals surface area contributed by atoms with E-state index in [1.165, 1.54) is 4.31 Å². The topological polar surface area (TPSA) is 66.5 Å². The van der Waals surface area contributed by atoms with Gasteiger partial charge in [0.05, 0.1) is 4.90 Å². The largest absolute Gasteiger partial charge is 0.324 e. The van der Waals surface area contributed by atoms with Crippen molar-refractivity contribution in [2.45, 2.75) is 37.6 Å². The van der Waals surface area contributed by atoms with E-state index < -0.39 is 16.1 Å². The number of nitrogens with one attached hydrogen (secondary N) is 1. The molecule has 3 rings (SSSR count). The molecule has 1 unspecified atom stereocenters. The molecule has 1 fully saturated rings. The zero-order chi connectivity index (χ0) is 18.9. The minimum atomic E-state index is -3.71. The Morgan fingerprint density at radius 2 is 1.85 bits per heavy atom. The third-order valence-corrected chi connectivity index (χ3v) is 7.02. The minimum absolute atomic E-state index is 0.201. The van der Waals surface area contributed by atoms with Crippen molar-refractivity contribution in [1.82, 2.24) is 4.31 Å². The molecule has 5 nitrogen and oxygen atoms in total. The van der Waals surface area contributed by atoms with Crippen molar-refractivity contribution in [1.29, 1.82) is 0 Å². The van der Waals surface area contributed by atoms with Crippen LogP contribution in [0.4, 0.5) is 5.69 Å². The van der Waals surface area contributed by atoms with Crippen LogP contribution < -0.4 is 5.32 Å². The minimum Gasteiger partial charge on any atom is -0.324 e. The van der Waals surface area contributed by atoms with Crippen LogP contribution in [-0.4, -0.2) is 31.2 Å². The van der Waals surface area contributed by atoms with Gasteiger partial charge in [-0.3, -0.25) is 4.79 Å². The number of aryl methyl sites for hydroxylation is 2. The predicted octanol–water partition coefficient (Wildman–Crippen LogP) is 3.86. The van der Waals surface area contributed by atoms with E-state index in [4.69, 9.17) is 0 Å². The van der Waals surface area contributed by atoms with Crippen LogP contribution in [0.25, 0.3) is 0 Å². The van der Waals surface area contributed by atoms with Crippen molar-refractivity contribution < 1.29 is 13.2 Å². The molecule has 2 aromatic rings. The number of hydrogen-bond acceptors (Lipinski definition) is 3. The molecule has 1 amide bonds. The van der Waals surface area contributed by atoms with Gasteiger partial charge in [-0.1, -0.05) is 33.6 Å². The molecule has 0 bridgehead atoms. The van der Waals surface area contributed by atoms with Crippen LogP contribution in [0.1, 0.15) is 24.0 Å². The summed E-state index contributed by atoms with van der Waals surface area (Å²) in [6.45, 7) is 4.26. The van der Waals surface area contributed by atoms with Gasteiger partial charge in [-0.25, -0.2) is 8.42 Å². The molecule has 138 valence electrons. The van der Waals surface area contributed by atoms with Gasteiger partial charge in [-0.15, -0.1) is 0 Å². The lowest BCUT2D eigenvalue weighted by molar-refractivity contribution is -0.119. The maximum Gasteiger partial charge on any atom is 0.243 e. The number of amides is 1. The average molecular weight is 437 g/mol. The van der Waals surface area contributed by atoms with E-state index in [1.807, 2.05) is 32.0 Å². The summed E-state index contributed by atoms with van der Waals surface area (Å²) in [6, 6.07) is 11.6. The normalized spacial score (nSPS) is 18.0. The summed E-state index contributed by atoms with van der Waals surface area (Å²) in [6.07, 6.45) is 1.19. The Balaban J connectivity index is 1.83. The SMILES string of the molecule is Cc1ccc(NC(=O)C2CCCN2S(=O)(=O)c2ccc(Br)cc2)c(C)c1. The molecule has 1 heterocycles. The van der Waals surface area contributed by atoms with Crippen LogP contribution in [0.15, 0.2) is 51.8 Å². The molecule has 0 spiro atoms. The third kappa shape index (κ3) is 3.84. The van der Waals surface area contributed by atoms with Crippen molar-refractivity contribution in [2.24, 2.45) is 0 Å². The van der Waals surface area contributed by atoms with E-state index in [1.54, 1.807) is 24.3 Å². The number of halogens is 1. The molecule has 7 heteroatoms. The highest BCUT2D eigenvalue weighted by Gasteiger charge is 2.39. The van der Waals surface area contributed by atoms with Gasteiger partial charge in [0, 0.05) is 16.7 Å². The Bertz CT molecular complexity index is 926. The van der Waals surface area contributed by atoms with Crippen LogP contribution in [0, 0.1) is 13.8 Å². The van der Waals surface area contributed by atoms with Crippen molar-refractivity contribution in [3.05, 3.63) is 58.1 Å². The van der Waals surface area contributed by atoms with Gasteiger partial charge in [0.25, 0.3) is 0 Å². The summed E-state index contributed by atoms with van der Waals surface area (Å²) in [4.78, 5) is 13.0. The monoisotopic (exact) mass is 436 g/mol. The molecule has 1 atom stereocenters. The third-order valence-electron chi connectivity index (χ3n) is 4.57. The van der Waals surface area contributed by atoms with Crippen molar-refractivity contribution in [2.75, 3.05) is 11.9 Å². The number of anilines is 1. The molecule has 2 aromatic carbocycles. The molecule has 26 heavy (non-hydrogen) atoms. The van der Waals surface area contributed by atoms with E-state index in [0.717, 1.165) is 15.6 Å². The molecule has 0 aromatic heterocycles. The number of benzene rings is 2. The second-order valence-corrected chi connectivity index (χ2v) is 9.34. The van der Waals surface area contributed by atoms with Crippen LogP contribution in [0.5, 0.6) is 0 Å². The first-order valence-corrected chi connectivity index (χ1v) is 10.7. The first-order chi connectivity index (χ1) is 12.3. The lowest BCUT2D eigenvalue weighted by atomic mass is 10.1. The number of sulfonamides is 1. The van der Waals surface area contributed by atoms with Gasteiger partial charge in [0.1, 0.15) is 6.04 Å². The molecular weight excluding hydrogens is 416 g/mol. The highest BCUT2D eigenvalue weighted by Crippen LogP contribution is 2.28. The van der Waals surface area contributed by atoms with E-state index in [0.29, 0.717) is 25.1 Å². The maximum absolute atomic E-state index is 13.0. The van der Waals surface area contributed by atoms with E-state index in [-0.39, 0.29) is 10.8 Å². The number of hydrogen-bond donors (Lipinski definition) is 1. The van der Waals surface area contributed by atoms with E-state index in [2.05, 4.69) is 21.2 Å². The second-order valence-electron chi connectivity index (χ2n) is 6.54. The first-order valence-electron chi connectivity index (χ1n) is 8.44. The molecular formula is C19H21BrN2O3S. The number of carbonyl (C=O) groups excluding carboxylic acids is 1. The summed E-state index contributed by atoms with van der Waals surface area (Å²) in [5.74, 6) is -0.282. The maximum atomic E-state index is 13.0. The number of rotatable bonds is 4. The lowest BCUT2D eigenvalue weighted by Crippen LogP contribution is -2.43. The van der Waals surface area contributed by atoms with Gasteiger partial charge in [-0.2, -0.15) is 4.31 Å². The van der Waals surface area contributed by atoms with Gasteiger partial charge in [0.15, 0.2) is 0 Å². The van der Waals surface area contributed by atoms with E-state index >= 15 is 0 Å². The summed E-state index contributed by atoms with van der Waals surface area (Å²) in [5.41, 5.74) is 2.79. The molecule has 1 N–H and O–H groups in total. The highest BCUT2D eigenvalue weighted by atomic mass is 79.9. The Labute approximate surface area is 162 Å². The lowest BCUT2D eigenvalue weighted by Gasteiger charge is -2.24. The Kier molecular flexibility index (Phi) is 5.50. The van der Waals surface area contributed by atoms with Crippen LogP contribution >= 0.6 is 15.9 Å². The summed E-state index contributed by atoms with van der Waals surface area (Å²) < 4.78 is 28.0. The van der Waals surface area contributed by atoms with Crippen molar-refractivity contribution >= 4 is 37.5 Å². The van der Waals surface area contributed by atoms with Gasteiger partial charge >= 0.3 is 0 Å². The average Bonchev–Trinajstić information content (AvgIpc) is 3.08. The van der Waals surface area contributed by atoms with Crippen LogP contribution in [0.3, 0.4) is 0 Å². The Morgan fingerprint density at radius 3 is 2.50 bits per heavy atom. The predicted molar refractivity (Wildman–Crippen MR) is 106 cm³/mol. The standard InChI is InChI=1S/C19H21BrN2O3S/c1-13-5-10-17(14(2)12-13)21-19(23)18-4-3-11-22(18)26(24,25)16-8-6-15(20)7-9-16/h5-10,12,18H,3-4,11H2,1-2H3,(H,21,23). The molecule has 0 radical (unpaired) electrons. The second kappa shape index (κ2) is 7.50. The molecule has 1 aliphatic rings. The van der Waals surface area contributed by atoms with E-state index in [9.17, 15) is 13.2 Å². The zero-order valence-electron chi connectivity index (χ0n) is 14.7. The summed E-state index contributed by atoms with van der Waals surface area (Å²) in [5, 5.41) is 2.89. The first kappa shape index (κ1) is 19.1. The molecule has 1 aliphatic heterocycles. The van der Waals surface area contributed by atoms with Crippen LogP contribution in [0.2, 0.25) is 0 Å². The van der Waals surface area contributed by atoms with Gasteiger partial charge in [-0.05, 0) is 62.6 Å². The summed E-state index contributed by atoms with van der Waals surface area (Å²) >= 11 is 3.31. The fourth-order valence-electron chi connectivity index (χ4n) is 3.20. The molecule has 0 aliphatic carbocycles. The highest BCUT2D eigenvalue weighted by molar-refractivity contribution is 9.10. The summed E-state index contributed by atoms with van der Waals surface area (Å²) in [7, 11) is -3.71. The fraction of sp³-hybridized carbons (Fsp3) is 0.316. The zero-order valence-corrected chi connectivity index (χ0v) is 17.1. The van der Waals surface area contributed by atoms with Crippen molar-refractivity contribution in [3.63, 3.8) is 0 Å². The fourth-order valence-corrected chi connectivity index (χ4v) is 5.12. The van der Waals surface area contributed by atoms with Crippen molar-refractivity contribution in [3.8, 4) is 0 Å². The molecule has 1 saturated heterocycles. The molecule has 0 saturated carbocycles. The number of nitrogens with zero attached hydrogens (tertiary/aromatic N) is 1. The van der Waals surface area contributed by atoms with Crippen LogP contribution in [-0.2, 0) is 14.8 Å².